The number of benzene rings is 1. The Labute approximate surface area is 145 Å². The number of carbonyl (C=O) groups is 1. The summed E-state index contributed by atoms with van der Waals surface area (Å²) in [5.74, 6) is 1.16. The van der Waals surface area contributed by atoms with Gasteiger partial charge in [-0.25, -0.2) is 0 Å². The van der Waals surface area contributed by atoms with Gasteiger partial charge in [0, 0.05) is 31.6 Å². The van der Waals surface area contributed by atoms with E-state index in [1.807, 2.05) is 17.0 Å². The zero-order valence-electron chi connectivity index (χ0n) is 14.8. The Morgan fingerprint density at radius 2 is 1.88 bits per heavy atom. The van der Waals surface area contributed by atoms with Crippen molar-refractivity contribution in [1.29, 1.82) is 0 Å². The zero-order chi connectivity index (χ0) is 16.9. The summed E-state index contributed by atoms with van der Waals surface area (Å²) in [7, 11) is 3.85. The fourth-order valence-electron chi connectivity index (χ4n) is 3.66. The van der Waals surface area contributed by atoms with Crippen molar-refractivity contribution < 1.29 is 9.53 Å². The molecule has 2 heterocycles. The molecule has 2 fully saturated rings. The van der Waals surface area contributed by atoms with Gasteiger partial charge in [0.05, 0.1) is 7.11 Å². The van der Waals surface area contributed by atoms with Crippen molar-refractivity contribution in [2.75, 3.05) is 40.3 Å². The molecule has 0 radical (unpaired) electrons. The van der Waals surface area contributed by atoms with Crippen molar-refractivity contribution in [1.82, 2.24) is 15.1 Å². The maximum atomic E-state index is 12.3. The molecule has 2 aliphatic rings. The smallest absolute Gasteiger partial charge is 0.224 e. The topological polar surface area (TPSA) is 44.8 Å². The molecule has 24 heavy (non-hydrogen) atoms. The van der Waals surface area contributed by atoms with E-state index in [4.69, 9.17) is 4.74 Å². The van der Waals surface area contributed by atoms with Gasteiger partial charge in [-0.3, -0.25) is 4.79 Å². The number of rotatable bonds is 6. The number of hydrogen-bond donors (Lipinski definition) is 1. The van der Waals surface area contributed by atoms with Crippen LogP contribution in [0.2, 0.25) is 0 Å². The van der Waals surface area contributed by atoms with E-state index in [9.17, 15) is 4.79 Å². The lowest BCUT2D eigenvalue weighted by Crippen LogP contribution is -2.46. The molecule has 3 rings (SSSR count). The minimum Gasteiger partial charge on any atom is -0.497 e. The number of likely N-dealkylation sites (tertiary alicyclic amines) is 2. The van der Waals surface area contributed by atoms with Crippen molar-refractivity contribution in [3.05, 3.63) is 29.8 Å². The molecule has 1 aromatic carbocycles. The van der Waals surface area contributed by atoms with E-state index in [0.717, 1.165) is 38.3 Å². The van der Waals surface area contributed by atoms with Crippen LogP contribution in [0.1, 0.15) is 24.8 Å². The number of nitrogens with zero attached hydrogens (tertiary/aromatic N) is 2. The van der Waals surface area contributed by atoms with Crippen LogP contribution in [0.5, 0.6) is 5.75 Å². The highest BCUT2D eigenvalue weighted by atomic mass is 16.5. The number of piperidine rings is 1. The zero-order valence-corrected chi connectivity index (χ0v) is 14.8. The predicted octanol–water partition coefficient (Wildman–Crippen LogP) is 1.52. The highest BCUT2D eigenvalue weighted by molar-refractivity contribution is 5.79. The third-order valence-corrected chi connectivity index (χ3v) is 5.23. The molecule has 1 aromatic rings. The quantitative estimate of drug-likeness (QED) is 0.858. The van der Waals surface area contributed by atoms with Gasteiger partial charge in [0.15, 0.2) is 0 Å². The average molecular weight is 331 g/mol. The number of nitrogens with one attached hydrogen (secondary N) is 1. The number of hydrogen-bond acceptors (Lipinski definition) is 4. The van der Waals surface area contributed by atoms with E-state index in [-0.39, 0.29) is 5.91 Å². The Hall–Kier alpha value is -1.59. The summed E-state index contributed by atoms with van der Waals surface area (Å²) in [4.78, 5) is 16.6. The largest absolute Gasteiger partial charge is 0.497 e. The van der Waals surface area contributed by atoms with Gasteiger partial charge in [0.2, 0.25) is 5.91 Å². The maximum absolute atomic E-state index is 12.3. The predicted molar refractivity (Wildman–Crippen MR) is 95.3 cm³/mol. The van der Waals surface area contributed by atoms with E-state index in [1.165, 1.54) is 18.4 Å². The molecule has 5 heteroatoms. The Bertz CT molecular complexity index is 538. The molecule has 0 aliphatic carbocycles. The van der Waals surface area contributed by atoms with E-state index in [2.05, 4.69) is 29.4 Å². The third-order valence-electron chi connectivity index (χ3n) is 5.23. The van der Waals surface area contributed by atoms with Crippen molar-refractivity contribution in [3.8, 4) is 5.75 Å². The molecule has 1 unspecified atom stereocenters. The third kappa shape index (κ3) is 4.48. The van der Waals surface area contributed by atoms with Gasteiger partial charge in [0.1, 0.15) is 5.75 Å². The second-order valence-corrected chi connectivity index (χ2v) is 7.08. The number of methoxy groups -OCH3 is 1. The molecule has 0 spiro atoms. The summed E-state index contributed by atoms with van der Waals surface area (Å²) in [6.07, 6.45) is 3.92. The summed E-state index contributed by atoms with van der Waals surface area (Å²) in [5, 5.41) is 3.71. The molecule has 0 aromatic heterocycles. The molecule has 5 nitrogen and oxygen atoms in total. The molecule has 132 valence electrons. The lowest BCUT2D eigenvalue weighted by Gasteiger charge is -2.31. The van der Waals surface area contributed by atoms with Gasteiger partial charge in [-0.15, -0.1) is 0 Å². The summed E-state index contributed by atoms with van der Waals surface area (Å²) >= 11 is 0. The first-order valence-electron chi connectivity index (χ1n) is 8.99. The number of ether oxygens (including phenoxy) is 1. The normalized spacial score (nSPS) is 23.0. The Morgan fingerprint density at radius 3 is 2.54 bits per heavy atom. The summed E-state index contributed by atoms with van der Waals surface area (Å²) < 4.78 is 5.18. The van der Waals surface area contributed by atoms with E-state index >= 15 is 0 Å². The van der Waals surface area contributed by atoms with Crippen LogP contribution in [-0.2, 0) is 11.2 Å². The standard InChI is InChI=1S/C19H29N3O2/c1-21-10-8-16(9-11-21)20-17-13-19(23)22(14-17)12-7-15-3-5-18(24-2)6-4-15/h3-6,16-17,20H,7-14H2,1-2H3. The summed E-state index contributed by atoms with van der Waals surface area (Å²) in [6.45, 7) is 3.96. The van der Waals surface area contributed by atoms with Crippen LogP contribution in [-0.4, -0.2) is 68.1 Å². The lowest BCUT2D eigenvalue weighted by molar-refractivity contribution is -0.127. The Kier molecular flexibility index (Phi) is 5.74. The highest BCUT2D eigenvalue weighted by Crippen LogP contribution is 2.17. The van der Waals surface area contributed by atoms with E-state index < -0.39 is 0 Å². The first-order valence-corrected chi connectivity index (χ1v) is 8.99. The first kappa shape index (κ1) is 17.2. The molecule has 0 saturated carbocycles. The van der Waals surface area contributed by atoms with Crippen LogP contribution < -0.4 is 10.1 Å². The summed E-state index contributed by atoms with van der Waals surface area (Å²) in [6, 6.07) is 9.00. The van der Waals surface area contributed by atoms with Crippen LogP contribution in [0.25, 0.3) is 0 Å². The first-order chi connectivity index (χ1) is 11.6. The van der Waals surface area contributed by atoms with Crippen LogP contribution in [0.4, 0.5) is 0 Å². The van der Waals surface area contributed by atoms with Crippen LogP contribution in [0.3, 0.4) is 0 Å². The van der Waals surface area contributed by atoms with Gasteiger partial charge in [0.25, 0.3) is 0 Å². The molecule has 1 atom stereocenters. The maximum Gasteiger partial charge on any atom is 0.224 e. The van der Waals surface area contributed by atoms with Crippen LogP contribution >= 0.6 is 0 Å². The van der Waals surface area contributed by atoms with Crippen molar-refractivity contribution in [2.45, 2.75) is 37.8 Å². The van der Waals surface area contributed by atoms with Crippen LogP contribution in [0.15, 0.2) is 24.3 Å². The fourth-order valence-corrected chi connectivity index (χ4v) is 3.66. The van der Waals surface area contributed by atoms with Crippen molar-refractivity contribution in [2.24, 2.45) is 0 Å². The second kappa shape index (κ2) is 7.99. The molecule has 2 aliphatic heterocycles. The molecular formula is C19H29N3O2. The van der Waals surface area contributed by atoms with Gasteiger partial charge in [-0.2, -0.15) is 0 Å². The SMILES string of the molecule is COc1ccc(CCN2CC(NC3CCN(C)CC3)CC2=O)cc1. The molecule has 2 saturated heterocycles. The minimum atomic E-state index is 0.286. The second-order valence-electron chi connectivity index (χ2n) is 7.08. The van der Waals surface area contributed by atoms with Crippen LogP contribution in [0, 0.1) is 0 Å². The monoisotopic (exact) mass is 331 g/mol. The van der Waals surface area contributed by atoms with E-state index in [0.29, 0.717) is 18.5 Å². The minimum absolute atomic E-state index is 0.286. The van der Waals surface area contributed by atoms with Crippen molar-refractivity contribution in [3.63, 3.8) is 0 Å². The Morgan fingerprint density at radius 1 is 1.17 bits per heavy atom. The lowest BCUT2D eigenvalue weighted by atomic mass is 10.0. The number of amides is 1. The summed E-state index contributed by atoms with van der Waals surface area (Å²) in [5.41, 5.74) is 1.25. The average Bonchev–Trinajstić information content (AvgIpc) is 2.95. The van der Waals surface area contributed by atoms with Crippen molar-refractivity contribution >= 4 is 5.91 Å². The van der Waals surface area contributed by atoms with Gasteiger partial charge in [-0.05, 0) is 57.1 Å². The molecule has 0 bridgehead atoms. The molecule has 1 amide bonds. The molecule has 1 N–H and O–H groups in total. The Balaban J connectivity index is 1.44. The molecular weight excluding hydrogens is 302 g/mol. The van der Waals surface area contributed by atoms with Gasteiger partial charge >= 0.3 is 0 Å². The number of carbonyl (C=O) groups excluding carboxylic acids is 1. The fraction of sp³-hybridized carbons (Fsp3) is 0.632. The van der Waals surface area contributed by atoms with Gasteiger partial charge < -0.3 is 19.9 Å². The highest BCUT2D eigenvalue weighted by Gasteiger charge is 2.31. The van der Waals surface area contributed by atoms with E-state index in [1.54, 1.807) is 7.11 Å². The van der Waals surface area contributed by atoms with Gasteiger partial charge in [-0.1, -0.05) is 12.1 Å².